The van der Waals surface area contributed by atoms with Gasteiger partial charge in [-0.3, -0.25) is 14.2 Å². The second kappa shape index (κ2) is 10.4. The number of para-hydroxylation sites is 1. The summed E-state index contributed by atoms with van der Waals surface area (Å²) in [5.74, 6) is 0.0788. The van der Waals surface area contributed by atoms with E-state index in [-0.39, 0.29) is 17.2 Å². The highest BCUT2D eigenvalue weighted by Crippen LogP contribution is 2.19. The molecule has 0 atom stereocenters. The number of anilines is 1. The molecular formula is C23H29N4O2S+. The fourth-order valence-corrected chi connectivity index (χ4v) is 4.02. The Balaban J connectivity index is 1.75. The molecule has 2 N–H and O–H groups in total. The average Bonchev–Trinajstić information content (AvgIpc) is 2.74. The van der Waals surface area contributed by atoms with Crippen molar-refractivity contribution in [1.82, 2.24) is 9.55 Å². The maximum Gasteiger partial charge on any atom is 0.262 e. The second-order valence-electron chi connectivity index (χ2n) is 7.57. The molecule has 0 bridgehead atoms. The smallest absolute Gasteiger partial charge is 0.262 e. The molecule has 3 rings (SSSR count). The molecular weight excluding hydrogens is 396 g/mol. The minimum atomic E-state index is -0.115. The van der Waals surface area contributed by atoms with Crippen molar-refractivity contribution in [3.05, 3.63) is 64.4 Å². The van der Waals surface area contributed by atoms with Gasteiger partial charge in [0.25, 0.3) is 5.56 Å². The molecule has 0 aliphatic carbocycles. The van der Waals surface area contributed by atoms with E-state index in [4.69, 9.17) is 0 Å². The van der Waals surface area contributed by atoms with Crippen molar-refractivity contribution in [2.45, 2.75) is 31.5 Å². The first-order valence-corrected chi connectivity index (χ1v) is 11.3. The molecule has 1 aromatic heterocycles. The zero-order valence-electron chi connectivity index (χ0n) is 17.8. The lowest BCUT2D eigenvalue weighted by atomic mass is 10.1. The van der Waals surface area contributed by atoms with E-state index in [1.54, 1.807) is 10.6 Å². The third kappa shape index (κ3) is 5.70. The van der Waals surface area contributed by atoms with Gasteiger partial charge in [0.2, 0.25) is 5.91 Å². The number of rotatable bonds is 9. The van der Waals surface area contributed by atoms with Gasteiger partial charge >= 0.3 is 0 Å². The van der Waals surface area contributed by atoms with E-state index < -0.39 is 0 Å². The number of nitrogens with one attached hydrogen (secondary N) is 2. The van der Waals surface area contributed by atoms with Crippen LogP contribution >= 0.6 is 11.8 Å². The minimum absolute atomic E-state index is 0.0487. The normalized spacial score (nSPS) is 11.2. The molecule has 0 unspecified atom stereocenters. The monoisotopic (exact) mass is 425 g/mol. The van der Waals surface area contributed by atoms with E-state index in [0.717, 1.165) is 25.1 Å². The molecule has 0 fully saturated rings. The molecule has 1 amide bonds. The quantitative estimate of drug-likeness (QED) is 0.408. The van der Waals surface area contributed by atoms with E-state index >= 15 is 0 Å². The van der Waals surface area contributed by atoms with Gasteiger partial charge in [-0.15, -0.1) is 0 Å². The summed E-state index contributed by atoms with van der Waals surface area (Å²) in [7, 11) is 4.18. The minimum Gasteiger partial charge on any atom is -0.340 e. The topological polar surface area (TPSA) is 68.4 Å². The van der Waals surface area contributed by atoms with Gasteiger partial charge in [0, 0.05) is 18.7 Å². The number of amides is 1. The predicted octanol–water partition coefficient (Wildman–Crippen LogP) is 2.22. The molecule has 1 heterocycles. The Kier molecular flexibility index (Phi) is 7.65. The van der Waals surface area contributed by atoms with Gasteiger partial charge in [-0.2, -0.15) is 0 Å². The van der Waals surface area contributed by atoms with Gasteiger partial charge < -0.3 is 10.2 Å². The lowest BCUT2D eigenvalue weighted by molar-refractivity contribution is -0.858. The number of quaternary nitrogens is 1. The predicted molar refractivity (Wildman–Crippen MR) is 123 cm³/mol. The molecule has 30 heavy (non-hydrogen) atoms. The first-order valence-electron chi connectivity index (χ1n) is 10.3. The first-order chi connectivity index (χ1) is 14.5. The van der Waals surface area contributed by atoms with Crippen molar-refractivity contribution < 1.29 is 9.69 Å². The fraction of sp³-hybridized carbons (Fsp3) is 0.348. The van der Waals surface area contributed by atoms with Crippen LogP contribution in [-0.2, 0) is 17.8 Å². The van der Waals surface area contributed by atoms with Crippen LogP contribution < -0.4 is 15.8 Å². The van der Waals surface area contributed by atoms with Crippen LogP contribution in [-0.4, -0.2) is 41.9 Å². The number of aryl methyl sites for hydroxylation is 1. The summed E-state index contributed by atoms with van der Waals surface area (Å²) in [5, 5.41) is 4.11. The van der Waals surface area contributed by atoms with Gasteiger partial charge in [-0.25, -0.2) is 4.98 Å². The largest absolute Gasteiger partial charge is 0.340 e. The SMILES string of the molecule is CCc1ccc(NC(=O)CSc2nc3ccccc3c(=O)n2CCC[NH+](C)C)cc1. The Hall–Kier alpha value is -2.64. The molecule has 0 aliphatic rings. The number of benzene rings is 2. The first kappa shape index (κ1) is 22.1. The lowest BCUT2D eigenvalue weighted by Crippen LogP contribution is -3.05. The van der Waals surface area contributed by atoms with Crippen molar-refractivity contribution in [3.8, 4) is 0 Å². The van der Waals surface area contributed by atoms with Gasteiger partial charge in [0.15, 0.2) is 5.16 Å². The Morgan fingerprint density at radius 2 is 1.87 bits per heavy atom. The summed E-state index contributed by atoms with van der Waals surface area (Å²) in [4.78, 5) is 31.5. The van der Waals surface area contributed by atoms with Crippen molar-refractivity contribution in [2.24, 2.45) is 0 Å². The highest BCUT2D eigenvalue weighted by Gasteiger charge is 2.14. The fourth-order valence-electron chi connectivity index (χ4n) is 3.20. The Morgan fingerprint density at radius 1 is 1.13 bits per heavy atom. The summed E-state index contributed by atoms with van der Waals surface area (Å²) < 4.78 is 1.71. The molecule has 6 nitrogen and oxygen atoms in total. The van der Waals surface area contributed by atoms with Crippen LogP contribution in [0.15, 0.2) is 58.5 Å². The Bertz CT molecular complexity index is 1060. The van der Waals surface area contributed by atoms with Crippen LogP contribution in [0.5, 0.6) is 0 Å². The Labute approximate surface area is 181 Å². The van der Waals surface area contributed by atoms with E-state index in [0.29, 0.717) is 22.6 Å². The van der Waals surface area contributed by atoms with Gasteiger partial charge in [0.05, 0.1) is 37.3 Å². The zero-order valence-corrected chi connectivity index (χ0v) is 18.6. The number of carbonyl (C=O) groups is 1. The van der Waals surface area contributed by atoms with Crippen molar-refractivity contribution in [2.75, 3.05) is 31.7 Å². The van der Waals surface area contributed by atoms with Gasteiger partial charge in [-0.1, -0.05) is 43.0 Å². The van der Waals surface area contributed by atoms with Crippen molar-refractivity contribution >= 4 is 34.3 Å². The molecule has 0 spiro atoms. The summed E-state index contributed by atoms with van der Waals surface area (Å²) in [5.41, 5.74) is 2.62. The summed E-state index contributed by atoms with van der Waals surface area (Å²) in [6, 6.07) is 15.2. The number of hydrogen-bond donors (Lipinski definition) is 2. The molecule has 0 saturated carbocycles. The molecule has 158 valence electrons. The molecule has 0 radical (unpaired) electrons. The number of nitrogens with zero attached hydrogens (tertiary/aromatic N) is 2. The molecule has 0 aliphatic heterocycles. The van der Waals surface area contributed by atoms with E-state index in [9.17, 15) is 9.59 Å². The van der Waals surface area contributed by atoms with Crippen LogP contribution in [0.4, 0.5) is 5.69 Å². The van der Waals surface area contributed by atoms with E-state index in [2.05, 4.69) is 31.3 Å². The summed E-state index contributed by atoms with van der Waals surface area (Å²) in [6.07, 6.45) is 1.83. The van der Waals surface area contributed by atoms with E-state index in [1.165, 1.54) is 22.2 Å². The molecule has 7 heteroatoms. The van der Waals surface area contributed by atoms with E-state index in [1.807, 2.05) is 42.5 Å². The number of aromatic nitrogens is 2. The van der Waals surface area contributed by atoms with Gasteiger partial charge in [-0.05, 0) is 36.2 Å². The van der Waals surface area contributed by atoms with Crippen LogP contribution in [0, 0.1) is 0 Å². The third-order valence-electron chi connectivity index (χ3n) is 4.86. The summed E-state index contributed by atoms with van der Waals surface area (Å²) >= 11 is 1.30. The average molecular weight is 426 g/mol. The van der Waals surface area contributed by atoms with Crippen molar-refractivity contribution in [1.29, 1.82) is 0 Å². The highest BCUT2D eigenvalue weighted by atomic mass is 32.2. The van der Waals surface area contributed by atoms with Crippen LogP contribution in [0.1, 0.15) is 18.9 Å². The number of hydrogen-bond acceptors (Lipinski definition) is 4. The third-order valence-corrected chi connectivity index (χ3v) is 5.84. The lowest BCUT2D eigenvalue weighted by Gasteiger charge is -2.14. The van der Waals surface area contributed by atoms with Gasteiger partial charge in [0.1, 0.15) is 0 Å². The second-order valence-corrected chi connectivity index (χ2v) is 8.51. The summed E-state index contributed by atoms with van der Waals surface area (Å²) in [6.45, 7) is 3.64. The maximum absolute atomic E-state index is 13.0. The highest BCUT2D eigenvalue weighted by molar-refractivity contribution is 7.99. The Morgan fingerprint density at radius 3 is 2.57 bits per heavy atom. The molecule has 0 saturated heterocycles. The molecule has 2 aromatic carbocycles. The molecule has 3 aromatic rings. The van der Waals surface area contributed by atoms with Crippen LogP contribution in [0.2, 0.25) is 0 Å². The number of carbonyl (C=O) groups excluding carboxylic acids is 1. The van der Waals surface area contributed by atoms with Crippen LogP contribution in [0.3, 0.4) is 0 Å². The zero-order chi connectivity index (χ0) is 21.5. The number of fused-ring (bicyclic) bond motifs is 1. The van der Waals surface area contributed by atoms with Crippen LogP contribution in [0.25, 0.3) is 10.9 Å². The number of thioether (sulfide) groups is 1. The standard InChI is InChI=1S/C23H28N4O2S/c1-4-17-10-12-18(13-11-17)24-21(28)16-30-23-25-20-9-6-5-8-19(20)22(29)27(23)15-7-14-26(2)3/h5-6,8-13H,4,7,14-16H2,1-3H3,(H,24,28)/p+1. The van der Waals surface area contributed by atoms with Crippen molar-refractivity contribution in [3.63, 3.8) is 0 Å². The maximum atomic E-state index is 13.0.